The van der Waals surface area contributed by atoms with Crippen molar-refractivity contribution in [1.29, 1.82) is 0 Å². The molecule has 0 saturated heterocycles. The molecule has 0 atom stereocenters. The Balaban J connectivity index is 2.45. The van der Waals surface area contributed by atoms with E-state index in [2.05, 4.69) is 11.9 Å². The van der Waals surface area contributed by atoms with Crippen LogP contribution in [0.2, 0.25) is 0 Å². The normalized spacial score (nSPS) is 10.1. The van der Waals surface area contributed by atoms with Gasteiger partial charge in [0.05, 0.1) is 0 Å². The summed E-state index contributed by atoms with van der Waals surface area (Å²) in [4.78, 5) is 11.5. The minimum atomic E-state index is -0.0612. The van der Waals surface area contributed by atoms with Crippen molar-refractivity contribution in [2.75, 3.05) is 0 Å². The highest BCUT2D eigenvalue weighted by Gasteiger charge is 2.09. The molecule has 0 bridgehead atoms. The lowest BCUT2D eigenvalue weighted by Crippen LogP contribution is -2.25. The van der Waals surface area contributed by atoms with Gasteiger partial charge in [-0.3, -0.25) is 4.79 Å². The molecule has 1 aromatic carbocycles. The quantitative estimate of drug-likeness (QED) is 0.748. The molecule has 1 N–H and O–H groups in total. The SMILES string of the molecule is C=C(C(=O)NCc1ccccc1)C(C)C. The Kier molecular flexibility index (Phi) is 4.10. The van der Waals surface area contributed by atoms with E-state index in [1.807, 2.05) is 44.2 Å². The van der Waals surface area contributed by atoms with Crippen molar-refractivity contribution in [3.63, 3.8) is 0 Å². The van der Waals surface area contributed by atoms with Gasteiger partial charge in [-0.1, -0.05) is 50.8 Å². The van der Waals surface area contributed by atoms with Crippen molar-refractivity contribution in [2.45, 2.75) is 20.4 Å². The third-order valence-corrected chi connectivity index (χ3v) is 2.28. The number of nitrogens with one attached hydrogen (secondary N) is 1. The molecule has 80 valence electrons. The lowest BCUT2D eigenvalue weighted by Gasteiger charge is -2.09. The van der Waals surface area contributed by atoms with E-state index in [4.69, 9.17) is 0 Å². The largest absolute Gasteiger partial charge is 0.348 e. The van der Waals surface area contributed by atoms with Crippen LogP contribution in [0.5, 0.6) is 0 Å². The molecule has 0 unspecified atom stereocenters. The van der Waals surface area contributed by atoms with E-state index in [9.17, 15) is 4.79 Å². The third kappa shape index (κ3) is 3.58. The Morgan fingerprint density at radius 2 is 1.93 bits per heavy atom. The second-order valence-electron chi connectivity index (χ2n) is 3.85. The van der Waals surface area contributed by atoms with Crippen molar-refractivity contribution in [3.05, 3.63) is 48.0 Å². The standard InChI is InChI=1S/C13H17NO/c1-10(2)11(3)13(15)14-9-12-7-5-4-6-8-12/h4-8,10H,3,9H2,1-2H3,(H,14,15). The summed E-state index contributed by atoms with van der Waals surface area (Å²) in [5, 5.41) is 2.84. The number of hydrogen-bond acceptors (Lipinski definition) is 1. The van der Waals surface area contributed by atoms with E-state index in [1.54, 1.807) is 0 Å². The van der Waals surface area contributed by atoms with Crippen LogP contribution in [0.25, 0.3) is 0 Å². The maximum absolute atomic E-state index is 11.5. The number of benzene rings is 1. The van der Waals surface area contributed by atoms with Gasteiger partial charge in [-0.05, 0) is 11.5 Å². The molecule has 2 nitrogen and oxygen atoms in total. The molecule has 15 heavy (non-hydrogen) atoms. The highest BCUT2D eigenvalue weighted by Crippen LogP contribution is 2.06. The Labute approximate surface area is 91.0 Å². The zero-order valence-corrected chi connectivity index (χ0v) is 9.29. The van der Waals surface area contributed by atoms with Gasteiger partial charge in [0.15, 0.2) is 0 Å². The maximum Gasteiger partial charge on any atom is 0.247 e. The molecule has 1 aromatic rings. The number of hydrogen-bond donors (Lipinski definition) is 1. The summed E-state index contributed by atoms with van der Waals surface area (Å²) in [7, 11) is 0. The summed E-state index contributed by atoms with van der Waals surface area (Å²) >= 11 is 0. The highest BCUT2D eigenvalue weighted by atomic mass is 16.1. The van der Waals surface area contributed by atoms with Gasteiger partial charge in [0.25, 0.3) is 0 Å². The average molecular weight is 203 g/mol. The maximum atomic E-state index is 11.5. The molecular formula is C13H17NO. The van der Waals surface area contributed by atoms with Crippen LogP contribution in [0, 0.1) is 5.92 Å². The van der Waals surface area contributed by atoms with Gasteiger partial charge in [-0.2, -0.15) is 0 Å². The predicted octanol–water partition coefficient (Wildman–Crippen LogP) is 2.52. The summed E-state index contributed by atoms with van der Waals surface area (Å²) in [6.07, 6.45) is 0. The molecule has 0 heterocycles. The summed E-state index contributed by atoms with van der Waals surface area (Å²) in [6.45, 7) is 8.24. The molecule has 0 aromatic heterocycles. The van der Waals surface area contributed by atoms with Crippen molar-refractivity contribution in [2.24, 2.45) is 5.92 Å². The first-order valence-corrected chi connectivity index (χ1v) is 5.12. The molecule has 1 rings (SSSR count). The third-order valence-electron chi connectivity index (χ3n) is 2.28. The Hall–Kier alpha value is -1.57. The molecule has 0 fully saturated rings. The molecule has 0 aliphatic rings. The van der Waals surface area contributed by atoms with Gasteiger partial charge in [-0.25, -0.2) is 0 Å². The number of amides is 1. The van der Waals surface area contributed by atoms with E-state index in [0.29, 0.717) is 12.1 Å². The van der Waals surface area contributed by atoms with Crippen LogP contribution in [-0.4, -0.2) is 5.91 Å². The van der Waals surface area contributed by atoms with Gasteiger partial charge in [0, 0.05) is 12.1 Å². The molecule has 0 aliphatic heterocycles. The minimum Gasteiger partial charge on any atom is -0.348 e. The fraction of sp³-hybridized carbons (Fsp3) is 0.308. The first-order chi connectivity index (χ1) is 7.11. The fourth-order valence-electron chi connectivity index (χ4n) is 1.15. The first-order valence-electron chi connectivity index (χ1n) is 5.12. The number of carbonyl (C=O) groups excluding carboxylic acids is 1. The van der Waals surface area contributed by atoms with E-state index in [1.165, 1.54) is 0 Å². The Morgan fingerprint density at radius 3 is 2.47 bits per heavy atom. The zero-order valence-electron chi connectivity index (χ0n) is 9.29. The second kappa shape index (κ2) is 5.35. The molecule has 0 spiro atoms. The van der Waals surface area contributed by atoms with Crippen LogP contribution in [0.4, 0.5) is 0 Å². The van der Waals surface area contributed by atoms with Gasteiger partial charge in [0.1, 0.15) is 0 Å². The smallest absolute Gasteiger partial charge is 0.247 e. The lowest BCUT2D eigenvalue weighted by atomic mass is 10.0. The summed E-state index contributed by atoms with van der Waals surface area (Å²) in [5.41, 5.74) is 1.73. The molecular weight excluding hydrogens is 186 g/mol. The van der Waals surface area contributed by atoms with Crippen molar-refractivity contribution in [3.8, 4) is 0 Å². The van der Waals surface area contributed by atoms with E-state index < -0.39 is 0 Å². The molecule has 1 amide bonds. The van der Waals surface area contributed by atoms with Crippen molar-refractivity contribution < 1.29 is 4.79 Å². The topological polar surface area (TPSA) is 29.1 Å². The van der Waals surface area contributed by atoms with Crippen LogP contribution in [-0.2, 0) is 11.3 Å². The minimum absolute atomic E-state index is 0.0612. The molecule has 2 heteroatoms. The van der Waals surface area contributed by atoms with Gasteiger partial charge >= 0.3 is 0 Å². The van der Waals surface area contributed by atoms with Crippen molar-refractivity contribution >= 4 is 5.91 Å². The second-order valence-corrected chi connectivity index (χ2v) is 3.85. The average Bonchev–Trinajstić information content (AvgIpc) is 2.26. The summed E-state index contributed by atoms with van der Waals surface area (Å²) in [5.74, 6) is 0.134. The van der Waals surface area contributed by atoms with Crippen LogP contribution in [0.3, 0.4) is 0 Å². The van der Waals surface area contributed by atoms with E-state index in [0.717, 1.165) is 5.56 Å². The summed E-state index contributed by atoms with van der Waals surface area (Å²) in [6, 6.07) is 9.84. The lowest BCUT2D eigenvalue weighted by molar-refractivity contribution is -0.118. The summed E-state index contributed by atoms with van der Waals surface area (Å²) < 4.78 is 0. The molecule has 0 radical (unpaired) electrons. The van der Waals surface area contributed by atoms with Gasteiger partial charge < -0.3 is 5.32 Å². The van der Waals surface area contributed by atoms with Crippen LogP contribution < -0.4 is 5.32 Å². The van der Waals surface area contributed by atoms with Gasteiger partial charge in [-0.15, -0.1) is 0 Å². The Bertz CT molecular complexity index is 341. The number of carbonyl (C=O) groups is 1. The zero-order chi connectivity index (χ0) is 11.3. The molecule has 0 saturated carbocycles. The molecule has 0 aliphatic carbocycles. The van der Waals surface area contributed by atoms with E-state index >= 15 is 0 Å². The highest BCUT2D eigenvalue weighted by molar-refractivity contribution is 5.93. The Morgan fingerprint density at radius 1 is 1.33 bits per heavy atom. The van der Waals surface area contributed by atoms with Gasteiger partial charge in [0.2, 0.25) is 5.91 Å². The predicted molar refractivity (Wildman–Crippen MR) is 62.3 cm³/mol. The monoisotopic (exact) mass is 203 g/mol. The van der Waals surface area contributed by atoms with Crippen LogP contribution in [0.1, 0.15) is 19.4 Å². The fourth-order valence-corrected chi connectivity index (χ4v) is 1.15. The first kappa shape index (κ1) is 11.5. The van der Waals surface area contributed by atoms with E-state index in [-0.39, 0.29) is 11.8 Å². The number of rotatable bonds is 4. The van der Waals surface area contributed by atoms with Crippen LogP contribution in [0.15, 0.2) is 42.5 Å². The van der Waals surface area contributed by atoms with Crippen molar-refractivity contribution in [1.82, 2.24) is 5.32 Å². The van der Waals surface area contributed by atoms with Crippen LogP contribution >= 0.6 is 0 Å².